The highest BCUT2D eigenvalue weighted by Crippen LogP contribution is 2.37. The van der Waals surface area contributed by atoms with E-state index in [1.807, 2.05) is 12.1 Å². The third kappa shape index (κ3) is 1.86. The summed E-state index contributed by atoms with van der Waals surface area (Å²) in [4.78, 5) is 19.2. The van der Waals surface area contributed by atoms with Gasteiger partial charge in [0, 0.05) is 12.0 Å². The van der Waals surface area contributed by atoms with E-state index < -0.39 is 5.97 Å². The van der Waals surface area contributed by atoms with Crippen LogP contribution in [0.15, 0.2) is 47.5 Å². The van der Waals surface area contributed by atoms with Gasteiger partial charge in [0.15, 0.2) is 0 Å². The third-order valence-electron chi connectivity index (χ3n) is 3.29. The van der Waals surface area contributed by atoms with E-state index in [2.05, 4.69) is 9.84 Å². The molecule has 1 aliphatic heterocycles. The lowest BCUT2D eigenvalue weighted by molar-refractivity contribution is 0.0696. The van der Waals surface area contributed by atoms with Crippen molar-refractivity contribution in [3.05, 3.63) is 70.6 Å². The molecule has 0 spiro atoms. The Bertz CT molecular complexity index is 785. The Morgan fingerprint density at radius 1 is 1.20 bits per heavy atom. The van der Waals surface area contributed by atoms with Crippen molar-refractivity contribution in [3.8, 4) is 0 Å². The number of carbonyl (C=O) groups is 1. The van der Waals surface area contributed by atoms with Crippen molar-refractivity contribution in [1.82, 2.24) is 0 Å². The van der Waals surface area contributed by atoms with Gasteiger partial charge in [-0.05, 0) is 11.6 Å². The number of carboxylic acid groups (broad SMARTS) is 1. The Morgan fingerprint density at radius 2 is 2.00 bits per heavy atom. The molecule has 4 heteroatoms. The summed E-state index contributed by atoms with van der Waals surface area (Å²) in [5.41, 5.74) is 3.70. The van der Waals surface area contributed by atoms with Crippen LogP contribution >= 0.6 is 0 Å². The molecule has 0 amide bonds. The lowest BCUT2D eigenvalue weighted by atomic mass is 9.99. The number of benzene rings is 2. The second-order valence-corrected chi connectivity index (χ2v) is 4.48. The topological polar surface area (TPSA) is 54.0 Å². The van der Waals surface area contributed by atoms with Gasteiger partial charge in [-0.1, -0.05) is 36.4 Å². The zero-order valence-electron chi connectivity index (χ0n) is 10.5. The van der Waals surface area contributed by atoms with E-state index in [1.54, 1.807) is 30.3 Å². The van der Waals surface area contributed by atoms with Crippen molar-refractivity contribution in [1.29, 1.82) is 0 Å². The van der Waals surface area contributed by atoms with Crippen LogP contribution in [0.2, 0.25) is 0 Å². The summed E-state index contributed by atoms with van der Waals surface area (Å²) in [6.07, 6.45) is 0.559. The molecular formula is C16H10N2O2. The van der Waals surface area contributed by atoms with E-state index in [0.717, 1.165) is 5.56 Å². The van der Waals surface area contributed by atoms with Gasteiger partial charge in [-0.15, -0.1) is 0 Å². The Hall–Kier alpha value is -2.93. The maximum absolute atomic E-state index is 11.3. The number of para-hydroxylation sites is 1. The molecular weight excluding hydrogens is 252 g/mol. The van der Waals surface area contributed by atoms with Crippen LogP contribution in [0.3, 0.4) is 0 Å². The molecule has 0 saturated carbocycles. The van der Waals surface area contributed by atoms with Crippen molar-refractivity contribution in [2.24, 2.45) is 4.99 Å². The summed E-state index contributed by atoms with van der Waals surface area (Å²) in [6.45, 7) is 7.15. The van der Waals surface area contributed by atoms with Gasteiger partial charge in [0.1, 0.15) is 0 Å². The van der Waals surface area contributed by atoms with Crippen molar-refractivity contribution in [3.63, 3.8) is 0 Å². The van der Waals surface area contributed by atoms with Crippen LogP contribution < -0.4 is 0 Å². The zero-order valence-corrected chi connectivity index (χ0v) is 10.5. The van der Waals surface area contributed by atoms with E-state index in [9.17, 15) is 9.90 Å². The van der Waals surface area contributed by atoms with E-state index >= 15 is 0 Å². The first-order valence-electron chi connectivity index (χ1n) is 6.10. The molecule has 2 aromatic rings. The fraction of sp³-hybridized carbons (Fsp3) is 0.0625. The van der Waals surface area contributed by atoms with Crippen LogP contribution in [0.25, 0.3) is 4.85 Å². The number of hydrogen-bond donors (Lipinski definition) is 1. The van der Waals surface area contributed by atoms with Gasteiger partial charge in [-0.2, -0.15) is 0 Å². The number of rotatable bonds is 2. The summed E-state index contributed by atoms with van der Waals surface area (Å²) >= 11 is 0. The highest BCUT2D eigenvalue weighted by molar-refractivity contribution is 6.13. The molecule has 3 rings (SSSR count). The molecule has 2 aromatic carbocycles. The Balaban J connectivity index is 2.12. The maximum atomic E-state index is 11.3. The largest absolute Gasteiger partial charge is 0.478 e. The third-order valence-corrected chi connectivity index (χ3v) is 3.29. The molecule has 20 heavy (non-hydrogen) atoms. The monoisotopic (exact) mass is 262 g/mol. The minimum Gasteiger partial charge on any atom is -0.478 e. The van der Waals surface area contributed by atoms with E-state index in [-0.39, 0.29) is 5.56 Å². The molecule has 0 saturated heterocycles. The number of nitrogens with zero attached hydrogens (tertiary/aromatic N) is 2. The molecule has 0 fully saturated rings. The predicted octanol–water partition coefficient (Wildman–Crippen LogP) is 3.61. The average Bonchev–Trinajstić information content (AvgIpc) is 2.90. The quantitative estimate of drug-likeness (QED) is 0.840. The molecule has 1 N–H and O–H groups in total. The molecule has 0 aliphatic carbocycles. The molecule has 4 nitrogen and oxygen atoms in total. The molecule has 96 valence electrons. The summed E-state index contributed by atoms with van der Waals surface area (Å²) in [7, 11) is 0. The standard InChI is InChI=1S/C16H10N2O2/c1-17-13-8-4-5-10-9-14(18-15(10)13)11-6-2-3-7-12(11)16(19)20/h2-8H,9H2,(H,19,20). The Morgan fingerprint density at radius 3 is 2.75 bits per heavy atom. The van der Waals surface area contributed by atoms with Crippen molar-refractivity contribution >= 4 is 23.1 Å². The number of aromatic carboxylic acids is 1. The number of fused-ring (bicyclic) bond motifs is 1. The SMILES string of the molecule is [C-]#[N+]c1cccc2c1N=C(c1ccccc1C(=O)O)C2. The second kappa shape index (κ2) is 4.63. The number of carboxylic acids is 1. The fourth-order valence-corrected chi connectivity index (χ4v) is 2.37. The Labute approximate surface area is 115 Å². The average molecular weight is 262 g/mol. The molecule has 1 heterocycles. The van der Waals surface area contributed by atoms with Gasteiger partial charge in [0.05, 0.1) is 23.5 Å². The minimum absolute atomic E-state index is 0.239. The molecule has 0 atom stereocenters. The maximum Gasteiger partial charge on any atom is 0.336 e. The van der Waals surface area contributed by atoms with Gasteiger partial charge in [0.25, 0.3) is 0 Å². The van der Waals surface area contributed by atoms with Crippen molar-refractivity contribution < 1.29 is 9.90 Å². The van der Waals surface area contributed by atoms with Gasteiger partial charge < -0.3 is 5.11 Å². The summed E-state index contributed by atoms with van der Waals surface area (Å²) in [5.74, 6) is -0.968. The van der Waals surface area contributed by atoms with E-state index in [4.69, 9.17) is 6.57 Å². The fourth-order valence-electron chi connectivity index (χ4n) is 2.37. The first-order valence-corrected chi connectivity index (χ1v) is 6.10. The van der Waals surface area contributed by atoms with Crippen molar-refractivity contribution in [2.45, 2.75) is 6.42 Å². The van der Waals surface area contributed by atoms with Crippen LogP contribution in [-0.2, 0) is 6.42 Å². The van der Waals surface area contributed by atoms with Crippen LogP contribution in [0, 0.1) is 6.57 Å². The molecule has 0 aromatic heterocycles. The smallest absolute Gasteiger partial charge is 0.336 e. The lowest BCUT2D eigenvalue weighted by Crippen LogP contribution is -2.09. The van der Waals surface area contributed by atoms with Crippen LogP contribution in [0.4, 0.5) is 11.4 Å². The minimum atomic E-state index is -0.968. The summed E-state index contributed by atoms with van der Waals surface area (Å²) < 4.78 is 0. The molecule has 0 radical (unpaired) electrons. The first-order chi connectivity index (χ1) is 9.70. The predicted molar refractivity (Wildman–Crippen MR) is 76.0 cm³/mol. The van der Waals surface area contributed by atoms with Crippen LogP contribution in [0.1, 0.15) is 21.5 Å². The highest BCUT2D eigenvalue weighted by atomic mass is 16.4. The van der Waals surface area contributed by atoms with Gasteiger partial charge in [0.2, 0.25) is 5.69 Å². The molecule has 0 unspecified atom stereocenters. The highest BCUT2D eigenvalue weighted by Gasteiger charge is 2.22. The summed E-state index contributed by atoms with van der Waals surface area (Å²) in [6, 6.07) is 12.3. The molecule has 0 bridgehead atoms. The number of hydrogen-bond acceptors (Lipinski definition) is 2. The summed E-state index contributed by atoms with van der Waals surface area (Å²) in [5, 5.41) is 9.24. The molecule has 1 aliphatic rings. The van der Waals surface area contributed by atoms with Gasteiger partial charge in [-0.3, -0.25) is 4.99 Å². The van der Waals surface area contributed by atoms with E-state index in [1.165, 1.54) is 0 Å². The van der Waals surface area contributed by atoms with Crippen LogP contribution in [-0.4, -0.2) is 16.8 Å². The van der Waals surface area contributed by atoms with Crippen LogP contribution in [0.5, 0.6) is 0 Å². The van der Waals surface area contributed by atoms with Gasteiger partial charge in [-0.25, -0.2) is 9.64 Å². The zero-order chi connectivity index (χ0) is 14.1. The normalized spacial score (nSPS) is 12.4. The lowest BCUT2D eigenvalue weighted by Gasteiger charge is -2.04. The second-order valence-electron chi connectivity index (χ2n) is 4.48. The number of aliphatic imine (C=N–C) groups is 1. The Kier molecular flexibility index (Phi) is 2.81. The van der Waals surface area contributed by atoms with Gasteiger partial charge >= 0.3 is 5.97 Å². The van der Waals surface area contributed by atoms with E-state index in [0.29, 0.717) is 29.1 Å². The first kappa shape index (κ1) is 12.1. The van der Waals surface area contributed by atoms with Crippen molar-refractivity contribution in [2.75, 3.05) is 0 Å².